The van der Waals surface area contributed by atoms with E-state index in [1.54, 1.807) is 7.11 Å². The fourth-order valence-corrected chi connectivity index (χ4v) is 3.03. The Morgan fingerprint density at radius 1 is 1.10 bits per heavy atom. The minimum atomic E-state index is 0.577. The van der Waals surface area contributed by atoms with Crippen LogP contribution in [0.25, 0.3) is 11.1 Å². The van der Waals surface area contributed by atoms with Gasteiger partial charge in [-0.15, -0.1) is 0 Å². The second kappa shape index (κ2) is 7.51. The monoisotopic (exact) mass is 302 g/mol. The first-order chi connectivity index (χ1) is 10.2. The minimum Gasteiger partial charge on any atom is -0.497 e. The lowest BCUT2D eigenvalue weighted by atomic mass is 9.86. The normalized spacial score (nSPS) is 12.2. The van der Waals surface area contributed by atoms with Crippen LogP contribution in [-0.4, -0.2) is 7.11 Å². The van der Waals surface area contributed by atoms with E-state index >= 15 is 0 Å². The number of rotatable bonds is 6. The van der Waals surface area contributed by atoms with Gasteiger partial charge >= 0.3 is 0 Å². The zero-order valence-corrected chi connectivity index (χ0v) is 13.8. The predicted molar refractivity (Wildman–Crippen MR) is 91.4 cm³/mol. The van der Waals surface area contributed by atoms with Crippen molar-refractivity contribution in [3.63, 3.8) is 0 Å². The van der Waals surface area contributed by atoms with Crippen molar-refractivity contribution in [3.05, 3.63) is 53.1 Å². The summed E-state index contributed by atoms with van der Waals surface area (Å²) in [5.41, 5.74) is 3.78. The molecule has 0 bridgehead atoms. The fraction of sp³-hybridized carbons (Fsp3) is 0.368. The molecule has 0 saturated heterocycles. The van der Waals surface area contributed by atoms with E-state index in [1.165, 1.54) is 29.5 Å². The van der Waals surface area contributed by atoms with Gasteiger partial charge in [0, 0.05) is 5.02 Å². The molecule has 0 fully saturated rings. The van der Waals surface area contributed by atoms with Crippen molar-refractivity contribution < 1.29 is 4.74 Å². The van der Waals surface area contributed by atoms with Crippen LogP contribution in [-0.2, 0) is 0 Å². The first kappa shape index (κ1) is 15.9. The van der Waals surface area contributed by atoms with E-state index in [1.807, 2.05) is 18.2 Å². The van der Waals surface area contributed by atoms with E-state index in [2.05, 4.69) is 38.1 Å². The van der Waals surface area contributed by atoms with E-state index in [4.69, 9.17) is 16.3 Å². The second-order valence-electron chi connectivity index (χ2n) is 5.36. The lowest BCUT2D eigenvalue weighted by Crippen LogP contribution is -2.00. The molecule has 0 N–H and O–H groups in total. The van der Waals surface area contributed by atoms with Crippen LogP contribution in [0.5, 0.6) is 5.75 Å². The topological polar surface area (TPSA) is 9.23 Å². The van der Waals surface area contributed by atoms with E-state index in [9.17, 15) is 0 Å². The molecule has 21 heavy (non-hydrogen) atoms. The molecule has 2 aromatic rings. The Labute approximate surface area is 132 Å². The molecule has 2 heteroatoms. The van der Waals surface area contributed by atoms with Crippen molar-refractivity contribution in [1.29, 1.82) is 0 Å². The molecular weight excluding hydrogens is 280 g/mol. The van der Waals surface area contributed by atoms with E-state index in [0.29, 0.717) is 5.92 Å². The van der Waals surface area contributed by atoms with Crippen LogP contribution in [0.15, 0.2) is 42.5 Å². The molecule has 2 aromatic carbocycles. The van der Waals surface area contributed by atoms with Crippen molar-refractivity contribution in [3.8, 4) is 16.9 Å². The number of methoxy groups -OCH3 is 1. The molecule has 0 aliphatic rings. The van der Waals surface area contributed by atoms with Crippen molar-refractivity contribution >= 4 is 11.6 Å². The summed E-state index contributed by atoms with van der Waals surface area (Å²) >= 11 is 6.23. The average molecular weight is 303 g/mol. The highest BCUT2D eigenvalue weighted by molar-refractivity contribution is 6.30. The van der Waals surface area contributed by atoms with Crippen molar-refractivity contribution in [1.82, 2.24) is 0 Å². The number of hydrogen-bond donors (Lipinski definition) is 0. The lowest BCUT2D eigenvalue weighted by molar-refractivity contribution is 0.415. The van der Waals surface area contributed by atoms with Crippen molar-refractivity contribution in [2.45, 2.75) is 39.0 Å². The van der Waals surface area contributed by atoms with Gasteiger partial charge in [-0.3, -0.25) is 0 Å². The van der Waals surface area contributed by atoms with Gasteiger partial charge in [0.05, 0.1) is 7.11 Å². The Morgan fingerprint density at radius 3 is 2.57 bits per heavy atom. The predicted octanol–water partition coefficient (Wildman–Crippen LogP) is 6.31. The summed E-state index contributed by atoms with van der Waals surface area (Å²) in [5, 5.41) is 0.780. The molecule has 0 aromatic heterocycles. The quantitative estimate of drug-likeness (QED) is 0.607. The fourth-order valence-electron chi connectivity index (χ4n) is 2.85. The standard InChI is InChI=1S/C19H23ClO/c1-4-7-14(5-2)18-11-10-16(20)13-19(18)15-8-6-9-17(12-15)21-3/h6,8-14H,4-5,7H2,1-3H3. The molecule has 0 saturated carbocycles. The van der Waals surface area contributed by atoms with Gasteiger partial charge < -0.3 is 4.74 Å². The van der Waals surface area contributed by atoms with Gasteiger partial charge in [-0.1, -0.05) is 50.1 Å². The van der Waals surface area contributed by atoms with Crippen LogP contribution in [0.4, 0.5) is 0 Å². The largest absolute Gasteiger partial charge is 0.497 e. The summed E-state index contributed by atoms with van der Waals surface area (Å²) in [7, 11) is 1.70. The molecule has 112 valence electrons. The minimum absolute atomic E-state index is 0.577. The Bertz CT molecular complexity index is 592. The van der Waals surface area contributed by atoms with E-state index in [-0.39, 0.29) is 0 Å². The Morgan fingerprint density at radius 2 is 1.90 bits per heavy atom. The van der Waals surface area contributed by atoms with E-state index in [0.717, 1.165) is 17.2 Å². The van der Waals surface area contributed by atoms with Gasteiger partial charge in [-0.2, -0.15) is 0 Å². The third kappa shape index (κ3) is 3.79. The molecular formula is C19H23ClO. The summed E-state index contributed by atoms with van der Waals surface area (Å²) in [6.07, 6.45) is 3.54. The van der Waals surface area contributed by atoms with Gasteiger partial charge in [-0.05, 0) is 59.7 Å². The first-order valence-corrected chi connectivity index (χ1v) is 8.01. The molecule has 1 nitrogen and oxygen atoms in total. The van der Waals surface area contributed by atoms with Crippen molar-refractivity contribution in [2.24, 2.45) is 0 Å². The Hall–Kier alpha value is -1.47. The van der Waals surface area contributed by atoms with Crippen LogP contribution in [0.2, 0.25) is 5.02 Å². The second-order valence-corrected chi connectivity index (χ2v) is 5.79. The Balaban J connectivity index is 2.52. The SMILES string of the molecule is CCCC(CC)c1ccc(Cl)cc1-c1cccc(OC)c1. The third-order valence-electron chi connectivity index (χ3n) is 3.97. The molecule has 0 heterocycles. The van der Waals surface area contributed by atoms with Crippen LogP contribution in [0.1, 0.15) is 44.6 Å². The maximum atomic E-state index is 6.23. The lowest BCUT2D eigenvalue weighted by Gasteiger charge is -2.19. The maximum Gasteiger partial charge on any atom is 0.119 e. The summed E-state index contributed by atoms with van der Waals surface area (Å²) in [4.78, 5) is 0. The molecule has 0 aliphatic heterocycles. The maximum absolute atomic E-state index is 6.23. The molecule has 0 radical (unpaired) electrons. The molecule has 0 spiro atoms. The highest BCUT2D eigenvalue weighted by atomic mass is 35.5. The molecule has 1 unspecified atom stereocenters. The summed E-state index contributed by atoms with van der Waals surface area (Å²) in [5.74, 6) is 1.45. The number of benzene rings is 2. The average Bonchev–Trinajstić information content (AvgIpc) is 2.53. The van der Waals surface area contributed by atoms with Crippen LogP contribution >= 0.6 is 11.6 Å². The summed E-state index contributed by atoms with van der Waals surface area (Å²) < 4.78 is 5.35. The summed E-state index contributed by atoms with van der Waals surface area (Å²) in [6.45, 7) is 4.49. The molecule has 0 aliphatic carbocycles. The van der Waals surface area contributed by atoms with Crippen LogP contribution < -0.4 is 4.74 Å². The van der Waals surface area contributed by atoms with Gasteiger partial charge in [-0.25, -0.2) is 0 Å². The van der Waals surface area contributed by atoms with Gasteiger partial charge in [0.25, 0.3) is 0 Å². The summed E-state index contributed by atoms with van der Waals surface area (Å²) in [6, 6.07) is 14.4. The number of halogens is 1. The van der Waals surface area contributed by atoms with Crippen LogP contribution in [0.3, 0.4) is 0 Å². The van der Waals surface area contributed by atoms with E-state index < -0.39 is 0 Å². The highest BCUT2D eigenvalue weighted by Gasteiger charge is 2.15. The van der Waals surface area contributed by atoms with Crippen molar-refractivity contribution in [2.75, 3.05) is 7.11 Å². The van der Waals surface area contributed by atoms with Gasteiger partial charge in [0.2, 0.25) is 0 Å². The molecule has 1 atom stereocenters. The third-order valence-corrected chi connectivity index (χ3v) is 4.20. The smallest absolute Gasteiger partial charge is 0.119 e. The Kier molecular flexibility index (Phi) is 5.69. The highest BCUT2D eigenvalue weighted by Crippen LogP contribution is 2.36. The van der Waals surface area contributed by atoms with Gasteiger partial charge in [0.15, 0.2) is 0 Å². The van der Waals surface area contributed by atoms with Gasteiger partial charge in [0.1, 0.15) is 5.75 Å². The molecule has 0 amide bonds. The molecule has 2 rings (SSSR count). The number of ether oxygens (including phenoxy) is 1. The zero-order valence-electron chi connectivity index (χ0n) is 13.0. The zero-order chi connectivity index (χ0) is 15.2. The first-order valence-electron chi connectivity index (χ1n) is 7.63. The van der Waals surface area contributed by atoms with Crippen LogP contribution in [0, 0.1) is 0 Å². The number of hydrogen-bond acceptors (Lipinski definition) is 1.